The fraction of sp³-hybridized carbons (Fsp3) is 0.471. The summed E-state index contributed by atoms with van der Waals surface area (Å²) in [5.41, 5.74) is 1.38. The first-order chi connectivity index (χ1) is 10.8. The molecule has 6 heteroatoms. The number of hydrogen-bond acceptors (Lipinski definition) is 3. The third-order valence-corrected chi connectivity index (χ3v) is 3.49. The zero-order chi connectivity index (χ0) is 17.4. The summed E-state index contributed by atoms with van der Waals surface area (Å²) in [6.45, 7) is 5.80. The molecule has 1 aromatic carbocycles. The molecule has 0 spiro atoms. The minimum absolute atomic E-state index is 0.00218. The van der Waals surface area contributed by atoms with E-state index in [0.717, 1.165) is 5.56 Å². The van der Waals surface area contributed by atoms with Crippen molar-refractivity contribution in [3.05, 3.63) is 35.4 Å². The number of amides is 2. The first kappa shape index (κ1) is 18.7. The maximum absolute atomic E-state index is 12.3. The molecule has 126 valence electrons. The highest BCUT2D eigenvalue weighted by Gasteiger charge is 2.24. The zero-order valence-corrected chi connectivity index (χ0v) is 13.8. The Hall–Kier alpha value is -2.37. The summed E-state index contributed by atoms with van der Waals surface area (Å²) in [5.74, 6) is -1.57. The van der Waals surface area contributed by atoms with Crippen molar-refractivity contribution in [2.75, 3.05) is 6.54 Å². The lowest BCUT2D eigenvalue weighted by Crippen LogP contribution is -2.50. The molecule has 0 radical (unpaired) electrons. The highest BCUT2D eigenvalue weighted by molar-refractivity contribution is 5.98. The van der Waals surface area contributed by atoms with Crippen LogP contribution in [0.3, 0.4) is 0 Å². The zero-order valence-electron chi connectivity index (χ0n) is 13.8. The van der Waals surface area contributed by atoms with E-state index >= 15 is 0 Å². The van der Waals surface area contributed by atoms with Crippen molar-refractivity contribution in [3.63, 3.8) is 0 Å². The van der Waals surface area contributed by atoms with E-state index in [1.165, 1.54) is 0 Å². The van der Waals surface area contributed by atoms with E-state index < -0.39 is 12.0 Å². The van der Waals surface area contributed by atoms with Crippen LogP contribution in [0.2, 0.25) is 0 Å². The molecule has 0 aliphatic rings. The summed E-state index contributed by atoms with van der Waals surface area (Å²) >= 11 is 0. The molecule has 0 saturated carbocycles. The Balaban J connectivity index is 2.64. The number of hydrogen-bond donors (Lipinski definition) is 3. The van der Waals surface area contributed by atoms with E-state index in [2.05, 4.69) is 10.6 Å². The topological polar surface area (TPSA) is 95.5 Å². The van der Waals surface area contributed by atoms with Gasteiger partial charge in [0.15, 0.2) is 0 Å². The monoisotopic (exact) mass is 320 g/mol. The van der Waals surface area contributed by atoms with Crippen LogP contribution in [-0.4, -0.2) is 35.5 Å². The molecular weight excluding hydrogens is 296 g/mol. The molecule has 2 amide bonds. The van der Waals surface area contributed by atoms with E-state index in [4.69, 9.17) is 5.11 Å². The highest BCUT2D eigenvalue weighted by Crippen LogP contribution is 2.09. The largest absolute Gasteiger partial charge is 0.481 e. The number of carbonyl (C=O) groups excluding carboxylic acids is 2. The van der Waals surface area contributed by atoms with E-state index in [0.29, 0.717) is 12.0 Å². The van der Waals surface area contributed by atoms with E-state index in [1.54, 1.807) is 12.1 Å². The second-order valence-electron chi connectivity index (χ2n) is 5.80. The average Bonchev–Trinajstić information content (AvgIpc) is 2.48. The number of carboxylic acids is 1. The predicted molar refractivity (Wildman–Crippen MR) is 87.2 cm³/mol. The van der Waals surface area contributed by atoms with E-state index in [9.17, 15) is 14.4 Å². The molecule has 1 unspecified atom stereocenters. The molecule has 1 atom stereocenters. The molecule has 3 N–H and O–H groups in total. The van der Waals surface area contributed by atoms with Gasteiger partial charge in [-0.15, -0.1) is 0 Å². The molecule has 0 bridgehead atoms. The first-order valence-corrected chi connectivity index (χ1v) is 7.69. The molecule has 0 fully saturated rings. The number of benzene rings is 1. The molecule has 6 nitrogen and oxygen atoms in total. The Labute approximate surface area is 136 Å². The number of aliphatic carboxylic acids is 1. The molecule has 0 aliphatic carbocycles. The molecule has 0 saturated heterocycles. The molecule has 0 aliphatic heterocycles. The van der Waals surface area contributed by atoms with Gasteiger partial charge >= 0.3 is 5.97 Å². The van der Waals surface area contributed by atoms with Crippen molar-refractivity contribution in [1.82, 2.24) is 10.6 Å². The maximum atomic E-state index is 12.3. The van der Waals surface area contributed by atoms with Crippen molar-refractivity contribution in [2.45, 2.75) is 39.7 Å². The Morgan fingerprint density at radius 2 is 1.83 bits per heavy atom. The van der Waals surface area contributed by atoms with Crippen LogP contribution < -0.4 is 10.6 Å². The lowest BCUT2D eigenvalue weighted by molar-refractivity contribution is -0.137. The summed E-state index contributed by atoms with van der Waals surface area (Å²) in [6.07, 6.45) is 0.361. The van der Waals surface area contributed by atoms with Gasteiger partial charge in [-0.05, 0) is 30.9 Å². The van der Waals surface area contributed by atoms with Crippen molar-refractivity contribution < 1.29 is 19.5 Å². The number of carbonyl (C=O) groups is 3. The fourth-order valence-corrected chi connectivity index (χ4v) is 2.14. The number of nitrogens with one attached hydrogen (secondary N) is 2. The lowest BCUT2D eigenvalue weighted by Gasteiger charge is -2.22. The number of rotatable bonds is 8. The lowest BCUT2D eigenvalue weighted by atomic mass is 10.0. The minimum atomic E-state index is -0.896. The highest BCUT2D eigenvalue weighted by atomic mass is 16.4. The van der Waals surface area contributed by atoms with Crippen LogP contribution in [0.1, 0.15) is 42.6 Å². The Morgan fingerprint density at radius 1 is 1.17 bits per heavy atom. The summed E-state index contributed by atoms with van der Waals surface area (Å²) in [6, 6.07) is 6.52. The molecule has 0 aromatic heterocycles. The Kier molecular flexibility index (Phi) is 7.25. The molecular formula is C17H24N2O4. The van der Waals surface area contributed by atoms with Gasteiger partial charge < -0.3 is 15.7 Å². The van der Waals surface area contributed by atoms with Gasteiger partial charge in [-0.3, -0.25) is 14.4 Å². The SMILES string of the molecule is Cc1ccccc1C(=O)NC(C(=O)NCCCC(=O)O)C(C)C. The quantitative estimate of drug-likeness (QED) is 0.636. The van der Waals surface area contributed by atoms with Gasteiger partial charge in [0.1, 0.15) is 6.04 Å². The standard InChI is InChI=1S/C17H24N2O4/c1-11(2)15(17(23)18-10-6-9-14(20)21)19-16(22)13-8-5-4-7-12(13)3/h4-5,7-8,11,15H,6,9-10H2,1-3H3,(H,18,23)(H,19,22)(H,20,21). The first-order valence-electron chi connectivity index (χ1n) is 7.69. The molecule has 23 heavy (non-hydrogen) atoms. The van der Waals surface area contributed by atoms with Gasteiger partial charge in [0.2, 0.25) is 5.91 Å². The predicted octanol–water partition coefficient (Wildman–Crippen LogP) is 1.73. The van der Waals surface area contributed by atoms with E-state index in [-0.39, 0.29) is 30.7 Å². The average molecular weight is 320 g/mol. The third-order valence-electron chi connectivity index (χ3n) is 3.49. The van der Waals surface area contributed by atoms with Crippen LogP contribution in [0.25, 0.3) is 0 Å². The van der Waals surface area contributed by atoms with Gasteiger partial charge in [0.25, 0.3) is 5.91 Å². The van der Waals surface area contributed by atoms with Gasteiger partial charge in [-0.2, -0.15) is 0 Å². The summed E-state index contributed by atoms with van der Waals surface area (Å²) in [4.78, 5) is 35.0. The van der Waals surface area contributed by atoms with Crippen LogP contribution in [0.5, 0.6) is 0 Å². The molecule has 1 aromatic rings. The summed E-state index contributed by atoms with van der Waals surface area (Å²) in [5, 5.41) is 14.0. The van der Waals surface area contributed by atoms with Crippen LogP contribution in [0.15, 0.2) is 24.3 Å². The Bertz CT molecular complexity index is 569. The van der Waals surface area contributed by atoms with Crippen molar-refractivity contribution >= 4 is 17.8 Å². The van der Waals surface area contributed by atoms with Gasteiger partial charge in [-0.1, -0.05) is 32.0 Å². The second kappa shape index (κ2) is 8.92. The van der Waals surface area contributed by atoms with Gasteiger partial charge in [0.05, 0.1) is 0 Å². The van der Waals surface area contributed by atoms with Crippen LogP contribution in [0, 0.1) is 12.8 Å². The number of aryl methyl sites for hydroxylation is 1. The number of carboxylic acid groups (broad SMARTS) is 1. The normalized spacial score (nSPS) is 11.8. The van der Waals surface area contributed by atoms with Crippen molar-refractivity contribution in [1.29, 1.82) is 0 Å². The third kappa shape index (κ3) is 6.10. The van der Waals surface area contributed by atoms with Gasteiger partial charge in [-0.25, -0.2) is 0 Å². The fourth-order valence-electron chi connectivity index (χ4n) is 2.14. The van der Waals surface area contributed by atoms with Crippen LogP contribution in [0.4, 0.5) is 0 Å². The second-order valence-corrected chi connectivity index (χ2v) is 5.80. The summed E-state index contributed by atoms with van der Waals surface area (Å²) in [7, 11) is 0. The molecule has 0 heterocycles. The van der Waals surface area contributed by atoms with Crippen LogP contribution >= 0.6 is 0 Å². The smallest absolute Gasteiger partial charge is 0.303 e. The molecule has 1 rings (SSSR count). The summed E-state index contributed by atoms with van der Waals surface area (Å²) < 4.78 is 0. The van der Waals surface area contributed by atoms with E-state index in [1.807, 2.05) is 32.9 Å². The maximum Gasteiger partial charge on any atom is 0.303 e. The van der Waals surface area contributed by atoms with Gasteiger partial charge in [0, 0.05) is 18.5 Å². The van der Waals surface area contributed by atoms with Crippen molar-refractivity contribution in [2.24, 2.45) is 5.92 Å². The Morgan fingerprint density at radius 3 is 2.39 bits per heavy atom. The van der Waals surface area contributed by atoms with Crippen molar-refractivity contribution in [3.8, 4) is 0 Å². The van der Waals surface area contributed by atoms with Crippen LogP contribution in [-0.2, 0) is 9.59 Å². The minimum Gasteiger partial charge on any atom is -0.481 e.